The molecule has 1 aliphatic heterocycles. The molecule has 0 saturated carbocycles. The predicted octanol–water partition coefficient (Wildman–Crippen LogP) is 2.47. The minimum absolute atomic E-state index is 0.798. The lowest BCUT2D eigenvalue weighted by molar-refractivity contribution is -0.918. The zero-order valence-corrected chi connectivity index (χ0v) is 15.6. The molecule has 4 nitrogen and oxygen atoms in total. The van der Waals surface area contributed by atoms with Crippen LogP contribution in [0.4, 0.5) is 0 Å². The lowest BCUT2D eigenvalue weighted by Gasteiger charge is -2.31. The predicted molar refractivity (Wildman–Crippen MR) is 103 cm³/mol. The van der Waals surface area contributed by atoms with Crippen LogP contribution in [-0.4, -0.2) is 44.0 Å². The van der Waals surface area contributed by atoms with Crippen LogP contribution in [0, 0.1) is 0 Å². The molecule has 1 saturated heterocycles. The quantitative estimate of drug-likeness (QED) is 0.832. The summed E-state index contributed by atoms with van der Waals surface area (Å²) in [6.45, 7) is 7.28. The van der Waals surface area contributed by atoms with Gasteiger partial charge in [-0.3, -0.25) is 5.01 Å². The Kier molecular flexibility index (Phi) is 5.95. The summed E-state index contributed by atoms with van der Waals surface area (Å²) < 4.78 is 5.21. The molecule has 1 fully saturated rings. The van der Waals surface area contributed by atoms with Crippen molar-refractivity contribution in [2.24, 2.45) is 5.10 Å². The maximum Gasteiger partial charge on any atom is 0.118 e. The molecule has 25 heavy (non-hydrogen) atoms. The van der Waals surface area contributed by atoms with Crippen LogP contribution >= 0.6 is 11.6 Å². The Bertz CT molecular complexity index is 705. The van der Waals surface area contributed by atoms with Crippen LogP contribution in [0.1, 0.15) is 18.1 Å². The summed E-state index contributed by atoms with van der Waals surface area (Å²) in [5.74, 6) is 0.871. The third-order valence-corrected chi connectivity index (χ3v) is 4.87. The fourth-order valence-corrected chi connectivity index (χ4v) is 3.21. The first-order valence-corrected chi connectivity index (χ1v) is 9.04. The number of hydrogen-bond acceptors (Lipinski definition) is 3. The van der Waals surface area contributed by atoms with Gasteiger partial charge in [0.25, 0.3) is 0 Å². The highest BCUT2D eigenvalue weighted by Crippen LogP contribution is 2.12. The van der Waals surface area contributed by atoms with Crippen LogP contribution in [0.3, 0.4) is 0 Å². The molecule has 1 N–H and O–H groups in total. The van der Waals surface area contributed by atoms with Gasteiger partial charge in [0, 0.05) is 10.6 Å². The first-order valence-electron chi connectivity index (χ1n) is 8.66. The van der Waals surface area contributed by atoms with Gasteiger partial charge in [-0.15, -0.1) is 0 Å². The molecule has 1 aliphatic rings. The molecule has 5 heteroatoms. The third-order valence-electron chi connectivity index (χ3n) is 4.61. The molecule has 0 amide bonds. The number of hydrazone groups is 1. The summed E-state index contributed by atoms with van der Waals surface area (Å²) >= 11 is 5.95. The van der Waals surface area contributed by atoms with Gasteiger partial charge in [-0.05, 0) is 48.9 Å². The van der Waals surface area contributed by atoms with Crippen LogP contribution in [0.5, 0.6) is 5.75 Å². The van der Waals surface area contributed by atoms with Crippen molar-refractivity contribution in [3.8, 4) is 5.75 Å². The van der Waals surface area contributed by atoms with E-state index < -0.39 is 0 Å². The van der Waals surface area contributed by atoms with E-state index in [-0.39, 0.29) is 0 Å². The van der Waals surface area contributed by atoms with Crippen molar-refractivity contribution in [2.75, 3.05) is 33.3 Å². The van der Waals surface area contributed by atoms with Crippen molar-refractivity contribution in [2.45, 2.75) is 13.5 Å². The zero-order chi connectivity index (χ0) is 17.6. The number of quaternary nitrogens is 1. The van der Waals surface area contributed by atoms with E-state index in [1.54, 1.807) is 12.0 Å². The van der Waals surface area contributed by atoms with Crippen molar-refractivity contribution < 1.29 is 9.64 Å². The Labute approximate surface area is 154 Å². The van der Waals surface area contributed by atoms with Crippen LogP contribution in [-0.2, 0) is 6.54 Å². The smallest absolute Gasteiger partial charge is 0.118 e. The fraction of sp³-hybridized carbons (Fsp3) is 0.350. The average Bonchev–Trinajstić information content (AvgIpc) is 2.65. The third kappa shape index (κ3) is 4.97. The van der Waals surface area contributed by atoms with Crippen LogP contribution in [0.15, 0.2) is 53.6 Å². The van der Waals surface area contributed by atoms with Crippen molar-refractivity contribution in [1.29, 1.82) is 0 Å². The van der Waals surface area contributed by atoms with Gasteiger partial charge in [-0.25, -0.2) is 0 Å². The van der Waals surface area contributed by atoms with Crippen LogP contribution < -0.4 is 9.64 Å². The minimum Gasteiger partial charge on any atom is -0.497 e. The Morgan fingerprint density at radius 2 is 1.72 bits per heavy atom. The van der Waals surface area contributed by atoms with Gasteiger partial charge in [0.05, 0.1) is 39.0 Å². The lowest BCUT2D eigenvalue weighted by Crippen LogP contribution is -3.13. The second kappa shape index (κ2) is 8.37. The summed E-state index contributed by atoms with van der Waals surface area (Å²) in [5.41, 5.74) is 3.52. The summed E-state index contributed by atoms with van der Waals surface area (Å²) in [6.07, 6.45) is 0. The number of halogens is 1. The number of benzene rings is 2. The van der Waals surface area contributed by atoms with Gasteiger partial charge in [0.15, 0.2) is 0 Å². The van der Waals surface area contributed by atoms with E-state index in [0.29, 0.717) is 0 Å². The van der Waals surface area contributed by atoms with E-state index in [2.05, 4.69) is 36.2 Å². The largest absolute Gasteiger partial charge is 0.497 e. The summed E-state index contributed by atoms with van der Waals surface area (Å²) in [6, 6.07) is 16.2. The molecule has 0 aromatic heterocycles. The zero-order valence-electron chi connectivity index (χ0n) is 14.8. The molecule has 0 radical (unpaired) electrons. The first-order chi connectivity index (χ1) is 12.1. The molecule has 0 bridgehead atoms. The Morgan fingerprint density at radius 1 is 1.08 bits per heavy atom. The van der Waals surface area contributed by atoms with Gasteiger partial charge >= 0.3 is 0 Å². The van der Waals surface area contributed by atoms with Crippen molar-refractivity contribution >= 4 is 17.3 Å². The number of methoxy groups -OCH3 is 1. The number of nitrogens with one attached hydrogen (secondary N) is 1. The molecular formula is C20H25ClN3O+. The van der Waals surface area contributed by atoms with Crippen LogP contribution in [0.25, 0.3) is 0 Å². The van der Waals surface area contributed by atoms with Gasteiger partial charge in [-0.2, -0.15) is 5.10 Å². The van der Waals surface area contributed by atoms with Gasteiger partial charge in [0.1, 0.15) is 12.3 Å². The Morgan fingerprint density at radius 3 is 2.32 bits per heavy atom. The standard InChI is InChI=1S/C20H24ClN3O/c1-16(18-5-9-20(25-2)10-6-18)22-24-13-11-23(12-14-24)15-17-3-7-19(21)8-4-17/h3-10H,11-15H2,1-2H3/p+1/b22-16+. The maximum atomic E-state index is 5.95. The molecule has 0 aliphatic carbocycles. The summed E-state index contributed by atoms with van der Waals surface area (Å²) in [4.78, 5) is 1.59. The van der Waals surface area contributed by atoms with Gasteiger partial charge in [-0.1, -0.05) is 23.7 Å². The molecule has 2 aromatic carbocycles. The number of rotatable bonds is 5. The number of ether oxygens (including phenoxy) is 1. The monoisotopic (exact) mass is 358 g/mol. The molecule has 0 spiro atoms. The van der Waals surface area contributed by atoms with Crippen molar-refractivity contribution in [3.05, 3.63) is 64.7 Å². The molecule has 3 rings (SSSR count). The maximum absolute atomic E-state index is 5.95. The second-order valence-corrected chi connectivity index (χ2v) is 6.86. The number of nitrogens with zero attached hydrogens (tertiary/aromatic N) is 2. The molecule has 0 atom stereocenters. The van der Waals surface area contributed by atoms with E-state index in [1.165, 1.54) is 5.56 Å². The van der Waals surface area contributed by atoms with Crippen molar-refractivity contribution in [1.82, 2.24) is 5.01 Å². The molecule has 1 heterocycles. The van der Waals surface area contributed by atoms with E-state index in [9.17, 15) is 0 Å². The second-order valence-electron chi connectivity index (χ2n) is 6.42. The summed E-state index contributed by atoms with van der Waals surface area (Å²) in [7, 11) is 1.68. The molecular weight excluding hydrogens is 334 g/mol. The topological polar surface area (TPSA) is 29.3 Å². The number of piperazine rings is 1. The molecule has 132 valence electrons. The normalized spacial score (nSPS) is 16.1. The highest BCUT2D eigenvalue weighted by Gasteiger charge is 2.19. The lowest BCUT2D eigenvalue weighted by atomic mass is 10.1. The Hall–Kier alpha value is -2.04. The molecule has 2 aromatic rings. The minimum atomic E-state index is 0.798. The van der Waals surface area contributed by atoms with Crippen molar-refractivity contribution in [3.63, 3.8) is 0 Å². The highest BCUT2D eigenvalue weighted by molar-refractivity contribution is 6.30. The summed E-state index contributed by atoms with van der Waals surface area (Å²) in [5, 5.41) is 7.78. The van der Waals surface area contributed by atoms with Gasteiger partial charge < -0.3 is 9.64 Å². The Balaban J connectivity index is 1.53. The highest BCUT2D eigenvalue weighted by atomic mass is 35.5. The molecule has 0 unspecified atom stereocenters. The number of hydrogen-bond donors (Lipinski definition) is 1. The van der Waals surface area contributed by atoms with E-state index in [4.69, 9.17) is 21.4 Å². The van der Waals surface area contributed by atoms with Crippen LogP contribution in [0.2, 0.25) is 5.02 Å². The average molecular weight is 359 g/mol. The van der Waals surface area contributed by atoms with Gasteiger partial charge in [0.2, 0.25) is 0 Å². The van der Waals surface area contributed by atoms with E-state index in [0.717, 1.165) is 54.8 Å². The van der Waals surface area contributed by atoms with E-state index in [1.807, 2.05) is 24.3 Å². The SMILES string of the molecule is COc1ccc(/C(C)=N/N2CC[NH+](Cc3ccc(Cl)cc3)CC2)cc1. The first kappa shape index (κ1) is 17.8. The van der Waals surface area contributed by atoms with E-state index >= 15 is 0 Å². The fourth-order valence-electron chi connectivity index (χ4n) is 3.08.